The number of aliphatic imine (C=N–C) groups is 2. The number of piperazine rings is 2. The zero-order chi connectivity index (χ0) is 51.4. The molecule has 0 bridgehead atoms. The van der Waals surface area contributed by atoms with Gasteiger partial charge in [-0.05, 0) is 95.2 Å². The largest absolute Gasteiger partial charge is 0.488 e. The van der Waals surface area contributed by atoms with E-state index in [4.69, 9.17) is 47.9 Å². The number of aromatic nitrogens is 4. The molecular formula is C56H82N10O8. The highest BCUT2D eigenvalue weighted by molar-refractivity contribution is 6.15. The number of fused-ring (bicyclic) bond motifs is 2. The quantitative estimate of drug-likeness (QED) is 0.0660. The highest BCUT2D eigenvalue weighted by atomic mass is 16.7. The first kappa shape index (κ1) is 56.5. The Balaban J connectivity index is 0.000000185. The second-order valence-electron chi connectivity index (χ2n) is 20.2. The fourth-order valence-corrected chi connectivity index (χ4v) is 9.14. The molecule has 2 aromatic heterocycles. The fourth-order valence-electron chi connectivity index (χ4n) is 9.14. The molecule has 0 unspecified atom stereocenters. The Hall–Kier alpha value is -5.18. The number of benzene rings is 2. The Kier molecular flexibility index (Phi) is 20.3. The number of hydrogen-bond donors (Lipinski definition) is 1. The van der Waals surface area contributed by atoms with E-state index in [9.17, 15) is 0 Å². The van der Waals surface area contributed by atoms with Crippen molar-refractivity contribution in [3.05, 3.63) is 94.8 Å². The smallest absolute Gasteiger partial charge is 0.180 e. The topological polar surface area (TPSA) is 172 Å². The number of hydrogen-bond acceptors (Lipinski definition) is 18. The van der Waals surface area contributed by atoms with E-state index in [0.717, 1.165) is 142 Å². The first-order valence-electron chi connectivity index (χ1n) is 26.0. The Morgan fingerprint density at radius 3 is 1.59 bits per heavy atom. The average Bonchev–Trinajstić information content (AvgIpc) is 4.21. The van der Waals surface area contributed by atoms with Crippen LogP contribution in [-0.4, -0.2) is 173 Å². The Bertz CT molecular complexity index is 2480. The summed E-state index contributed by atoms with van der Waals surface area (Å²) >= 11 is 0. The van der Waals surface area contributed by atoms with Crippen LogP contribution < -0.4 is 24.6 Å². The molecule has 6 aliphatic rings. The molecule has 404 valence electrons. The molecule has 1 N–H and O–H groups in total. The van der Waals surface area contributed by atoms with Gasteiger partial charge in [-0.3, -0.25) is 14.9 Å². The second kappa shape index (κ2) is 26.5. The summed E-state index contributed by atoms with van der Waals surface area (Å²) in [5, 5.41) is 3.47. The first-order valence-corrected chi connectivity index (χ1v) is 26.0. The minimum atomic E-state index is -0.316. The van der Waals surface area contributed by atoms with Crippen LogP contribution in [0, 0.1) is 0 Å². The van der Waals surface area contributed by atoms with Gasteiger partial charge in [-0.25, -0.2) is 19.9 Å². The van der Waals surface area contributed by atoms with Gasteiger partial charge in [0, 0.05) is 116 Å². The Morgan fingerprint density at radius 2 is 1.14 bits per heavy atom. The monoisotopic (exact) mass is 1020 g/mol. The van der Waals surface area contributed by atoms with Gasteiger partial charge in [-0.15, -0.1) is 0 Å². The SMILES string of the molecule is C.CCCOCC(OC)OC.COC(COCCN1CCN(c2cc(C3=NCc4ccc(OC5(C)CC5)cc43)ncn2)C[C@@H]1C)OC.C[C@H]1CN(c2cc(C3=NCc4ccc(OC5(C)CC5)cc43)ncn2)CCN1. The van der Waals surface area contributed by atoms with E-state index < -0.39 is 0 Å². The standard InChI is InChI=1S/C27H37N5O4.C21H25N5O.C7H16O3.CH4/c1-19-16-32(10-9-31(19)11-12-35-17-25(33-3)34-4)24-14-23(29-18-30-24)26-22-13-21(36-27(2)7-8-27)6-5-20(22)15-28-26;1-14-12-26(8-7-22-14)19-10-18(24-13-25-19)20-17-9-16(27-21(2)5-6-21)4-3-15(17)11-23-20;1-4-5-10-6-7(8-2)9-3;/h5-6,13-14,18-19,25H,7-12,15-17H2,1-4H3;3-4,9-10,13-14,22H,5-8,11-12H2,1-2H3;7H,4-6H2,1-3H3;1H4/t19-;14-;;/m00../s1. The molecule has 4 aliphatic heterocycles. The van der Waals surface area contributed by atoms with Crippen LogP contribution in [0.25, 0.3) is 0 Å². The van der Waals surface area contributed by atoms with Crippen molar-refractivity contribution in [3.63, 3.8) is 0 Å². The molecule has 6 heterocycles. The second-order valence-corrected chi connectivity index (χ2v) is 20.2. The van der Waals surface area contributed by atoms with Crippen LogP contribution >= 0.6 is 0 Å². The van der Waals surface area contributed by atoms with Crippen LogP contribution in [0.5, 0.6) is 11.5 Å². The van der Waals surface area contributed by atoms with Gasteiger partial charge in [-0.1, -0.05) is 26.5 Å². The predicted molar refractivity (Wildman–Crippen MR) is 289 cm³/mol. The van der Waals surface area contributed by atoms with E-state index in [0.29, 0.717) is 45.0 Å². The molecule has 18 heteroatoms. The summed E-state index contributed by atoms with van der Waals surface area (Å²) in [5.74, 6) is 3.75. The molecule has 4 fully saturated rings. The summed E-state index contributed by atoms with van der Waals surface area (Å²) in [7, 11) is 6.44. The van der Waals surface area contributed by atoms with Gasteiger partial charge in [0.05, 0.1) is 55.7 Å². The summed E-state index contributed by atoms with van der Waals surface area (Å²) in [4.78, 5) is 34.9. The van der Waals surface area contributed by atoms with Crippen molar-refractivity contribution in [1.82, 2.24) is 30.2 Å². The zero-order valence-electron chi connectivity index (χ0n) is 44.6. The van der Waals surface area contributed by atoms with Gasteiger partial charge in [0.15, 0.2) is 12.6 Å². The minimum Gasteiger partial charge on any atom is -0.488 e. The van der Waals surface area contributed by atoms with Crippen molar-refractivity contribution >= 4 is 23.1 Å². The molecule has 4 aromatic rings. The number of rotatable bonds is 21. The van der Waals surface area contributed by atoms with Gasteiger partial charge in [0.1, 0.15) is 47.0 Å². The van der Waals surface area contributed by atoms with Crippen molar-refractivity contribution in [2.45, 2.75) is 123 Å². The minimum absolute atomic E-state index is 0. The molecule has 2 aromatic carbocycles. The zero-order valence-corrected chi connectivity index (χ0v) is 44.6. The third kappa shape index (κ3) is 15.2. The third-order valence-corrected chi connectivity index (χ3v) is 14.1. The number of anilines is 2. The number of methoxy groups -OCH3 is 4. The normalized spacial score (nSPS) is 20.0. The number of ether oxygens (including phenoxy) is 8. The van der Waals surface area contributed by atoms with Gasteiger partial charge in [-0.2, -0.15) is 0 Å². The molecule has 2 atom stereocenters. The van der Waals surface area contributed by atoms with Crippen LogP contribution in [0.4, 0.5) is 11.6 Å². The molecule has 10 rings (SSSR count). The van der Waals surface area contributed by atoms with Crippen molar-refractivity contribution < 1.29 is 37.9 Å². The molecule has 2 aliphatic carbocycles. The third-order valence-electron chi connectivity index (χ3n) is 14.1. The Morgan fingerprint density at radius 1 is 0.635 bits per heavy atom. The summed E-state index contributed by atoms with van der Waals surface area (Å²) in [5.41, 5.74) is 8.33. The lowest BCUT2D eigenvalue weighted by atomic mass is 10.0. The van der Waals surface area contributed by atoms with Gasteiger partial charge in [0.25, 0.3) is 0 Å². The summed E-state index contributed by atoms with van der Waals surface area (Å²) in [6, 6.07) is 17.6. The van der Waals surface area contributed by atoms with E-state index in [2.05, 4.69) is 123 Å². The van der Waals surface area contributed by atoms with Crippen molar-refractivity contribution in [1.29, 1.82) is 0 Å². The molecule has 0 radical (unpaired) electrons. The molecule has 0 amide bonds. The molecule has 18 nitrogen and oxygen atoms in total. The lowest BCUT2D eigenvalue weighted by molar-refractivity contribution is -0.141. The van der Waals surface area contributed by atoms with E-state index in [-0.39, 0.29) is 31.2 Å². The number of nitrogens with one attached hydrogen (secondary N) is 1. The van der Waals surface area contributed by atoms with Crippen LogP contribution in [0.3, 0.4) is 0 Å². The fraction of sp³-hybridized carbons (Fsp3) is 0.607. The van der Waals surface area contributed by atoms with Crippen LogP contribution in [0.1, 0.15) is 108 Å². The molecular weight excluding hydrogens is 941 g/mol. The highest BCUT2D eigenvalue weighted by Crippen LogP contribution is 2.41. The van der Waals surface area contributed by atoms with Crippen molar-refractivity contribution in [2.24, 2.45) is 9.98 Å². The Labute approximate surface area is 439 Å². The van der Waals surface area contributed by atoms with Gasteiger partial charge >= 0.3 is 0 Å². The summed E-state index contributed by atoms with van der Waals surface area (Å²) in [6.45, 7) is 21.1. The first-order chi connectivity index (χ1) is 35.4. The molecule has 0 spiro atoms. The van der Waals surface area contributed by atoms with Crippen LogP contribution in [-0.2, 0) is 41.5 Å². The van der Waals surface area contributed by atoms with E-state index in [1.54, 1.807) is 41.1 Å². The van der Waals surface area contributed by atoms with Gasteiger partial charge in [0.2, 0.25) is 0 Å². The van der Waals surface area contributed by atoms with Crippen molar-refractivity contribution in [3.8, 4) is 11.5 Å². The molecule has 2 saturated carbocycles. The lowest BCUT2D eigenvalue weighted by Gasteiger charge is -2.40. The van der Waals surface area contributed by atoms with E-state index >= 15 is 0 Å². The maximum atomic E-state index is 6.20. The molecule has 74 heavy (non-hydrogen) atoms. The summed E-state index contributed by atoms with van der Waals surface area (Å²) < 4.78 is 43.4. The maximum Gasteiger partial charge on any atom is 0.180 e. The van der Waals surface area contributed by atoms with Crippen LogP contribution in [0.2, 0.25) is 0 Å². The van der Waals surface area contributed by atoms with E-state index in [1.807, 2.05) is 0 Å². The van der Waals surface area contributed by atoms with Gasteiger partial charge < -0.3 is 53.0 Å². The summed E-state index contributed by atoms with van der Waals surface area (Å²) in [6.07, 6.45) is 8.29. The predicted octanol–water partition coefficient (Wildman–Crippen LogP) is 7.13. The average molecular weight is 1020 g/mol. The van der Waals surface area contributed by atoms with E-state index in [1.165, 1.54) is 11.1 Å². The van der Waals surface area contributed by atoms with Crippen molar-refractivity contribution in [2.75, 3.05) is 110 Å². The number of nitrogens with zero attached hydrogens (tertiary/aromatic N) is 9. The molecule has 2 saturated heterocycles. The van der Waals surface area contributed by atoms with Crippen LogP contribution in [0.15, 0.2) is 71.2 Å². The highest BCUT2D eigenvalue weighted by Gasteiger charge is 2.41. The lowest BCUT2D eigenvalue weighted by Crippen LogP contribution is -2.53. The maximum absolute atomic E-state index is 6.20.